The van der Waals surface area contributed by atoms with Crippen molar-refractivity contribution in [1.82, 2.24) is 4.90 Å². The van der Waals surface area contributed by atoms with Crippen LogP contribution >= 0.6 is 0 Å². The van der Waals surface area contributed by atoms with Crippen LogP contribution in [-0.2, 0) is 4.74 Å². The SMILES string of the molecule is CCCCCCOC(=N)C(=N)CCN(C)CCC. The highest BCUT2D eigenvalue weighted by atomic mass is 16.5. The van der Waals surface area contributed by atoms with E-state index in [4.69, 9.17) is 15.6 Å². The molecule has 0 atom stereocenters. The normalized spacial score (nSPS) is 10.7. The van der Waals surface area contributed by atoms with Crippen molar-refractivity contribution in [3.05, 3.63) is 0 Å². The van der Waals surface area contributed by atoms with Crippen LogP contribution in [0, 0.1) is 10.8 Å². The lowest BCUT2D eigenvalue weighted by Crippen LogP contribution is -2.25. The van der Waals surface area contributed by atoms with Gasteiger partial charge in [0.2, 0.25) is 5.90 Å². The Labute approximate surface area is 112 Å². The van der Waals surface area contributed by atoms with Crippen LogP contribution in [0.4, 0.5) is 0 Å². The summed E-state index contributed by atoms with van der Waals surface area (Å²) >= 11 is 0. The average molecular weight is 255 g/mol. The van der Waals surface area contributed by atoms with Crippen molar-refractivity contribution in [1.29, 1.82) is 10.8 Å². The van der Waals surface area contributed by atoms with Crippen molar-refractivity contribution >= 4 is 11.6 Å². The van der Waals surface area contributed by atoms with Crippen LogP contribution in [-0.4, -0.2) is 43.3 Å². The zero-order chi connectivity index (χ0) is 13.8. The maximum Gasteiger partial charge on any atom is 0.227 e. The molecular formula is C14H29N3O. The van der Waals surface area contributed by atoms with E-state index in [9.17, 15) is 0 Å². The summed E-state index contributed by atoms with van der Waals surface area (Å²) in [5.41, 5.74) is 0.313. The molecule has 0 spiro atoms. The maximum atomic E-state index is 7.76. The largest absolute Gasteiger partial charge is 0.477 e. The Hall–Kier alpha value is -0.900. The molecule has 0 aromatic rings. The van der Waals surface area contributed by atoms with Crippen molar-refractivity contribution in [3.8, 4) is 0 Å². The van der Waals surface area contributed by atoms with Crippen LogP contribution in [0.15, 0.2) is 0 Å². The lowest BCUT2D eigenvalue weighted by Gasteiger charge is -2.15. The first-order chi connectivity index (χ1) is 8.61. The van der Waals surface area contributed by atoms with Gasteiger partial charge in [-0.05, 0) is 26.4 Å². The first-order valence-corrected chi connectivity index (χ1v) is 7.09. The number of nitrogens with zero attached hydrogens (tertiary/aromatic N) is 1. The maximum absolute atomic E-state index is 7.76. The van der Waals surface area contributed by atoms with Gasteiger partial charge in [-0.1, -0.05) is 33.1 Å². The molecule has 0 aliphatic rings. The first kappa shape index (κ1) is 17.1. The minimum absolute atomic E-state index is 0.0522. The molecule has 4 heteroatoms. The van der Waals surface area contributed by atoms with E-state index in [0.717, 1.165) is 32.4 Å². The van der Waals surface area contributed by atoms with Crippen molar-refractivity contribution in [2.24, 2.45) is 0 Å². The predicted octanol–water partition coefficient (Wildman–Crippen LogP) is 3.31. The molecule has 0 rings (SSSR count). The molecule has 0 radical (unpaired) electrons. The Bertz CT molecular complexity index is 241. The van der Waals surface area contributed by atoms with Crippen LogP contribution in [0.25, 0.3) is 0 Å². The van der Waals surface area contributed by atoms with Gasteiger partial charge >= 0.3 is 0 Å². The fourth-order valence-electron chi connectivity index (χ4n) is 1.70. The minimum Gasteiger partial charge on any atom is -0.477 e. The van der Waals surface area contributed by atoms with E-state index in [-0.39, 0.29) is 5.90 Å². The van der Waals surface area contributed by atoms with Gasteiger partial charge in [-0.2, -0.15) is 0 Å². The fraction of sp³-hybridized carbons (Fsp3) is 0.857. The van der Waals surface area contributed by atoms with E-state index in [2.05, 4.69) is 18.7 Å². The van der Waals surface area contributed by atoms with Crippen molar-refractivity contribution in [2.75, 3.05) is 26.7 Å². The predicted molar refractivity (Wildman–Crippen MR) is 78.0 cm³/mol. The van der Waals surface area contributed by atoms with Gasteiger partial charge in [-0.25, -0.2) is 0 Å². The number of hydrogen-bond donors (Lipinski definition) is 2. The Morgan fingerprint density at radius 3 is 2.33 bits per heavy atom. The van der Waals surface area contributed by atoms with Gasteiger partial charge in [0.05, 0.1) is 12.3 Å². The topological polar surface area (TPSA) is 60.2 Å². The van der Waals surface area contributed by atoms with E-state index < -0.39 is 0 Å². The quantitative estimate of drug-likeness (QED) is 0.338. The number of unbranched alkanes of at least 4 members (excludes halogenated alkanes) is 3. The highest BCUT2D eigenvalue weighted by Gasteiger charge is 2.07. The van der Waals surface area contributed by atoms with E-state index in [1.54, 1.807) is 0 Å². The molecule has 0 bridgehead atoms. The van der Waals surface area contributed by atoms with Crippen molar-refractivity contribution in [2.45, 2.75) is 52.4 Å². The van der Waals surface area contributed by atoms with Gasteiger partial charge in [0.15, 0.2) is 0 Å². The molecule has 0 unspecified atom stereocenters. The van der Waals surface area contributed by atoms with Gasteiger partial charge in [0.25, 0.3) is 0 Å². The van der Waals surface area contributed by atoms with E-state index >= 15 is 0 Å². The summed E-state index contributed by atoms with van der Waals surface area (Å²) in [6.07, 6.45) is 6.28. The number of nitrogens with one attached hydrogen (secondary N) is 2. The lowest BCUT2D eigenvalue weighted by molar-refractivity contribution is 0.294. The Kier molecular flexibility index (Phi) is 10.6. The molecule has 106 valence electrons. The summed E-state index contributed by atoms with van der Waals surface area (Å²) in [6.45, 7) is 6.76. The van der Waals surface area contributed by atoms with Crippen LogP contribution < -0.4 is 0 Å². The number of ether oxygens (including phenoxy) is 1. The molecule has 2 N–H and O–H groups in total. The van der Waals surface area contributed by atoms with Crippen LogP contribution in [0.5, 0.6) is 0 Å². The second-order valence-electron chi connectivity index (χ2n) is 4.77. The van der Waals surface area contributed by atoms with Gasteiger partial charge < -0.3 is 9.64 Å². The molecule has 18 heavy (non-hydrogen) atoms. The van der Waals surface area contributed by atoms with Gasteiger partial charge in [0.1, 0.15) is 0 Å². The Balaban J connectivity index is 3.60. The molecule has 0 fully saturated rings. The zero-order valence-corrected chi connectivity index (χ0v) is 12.2. The van der Waals surface area contributed by atoms with Gasteiger partial charge in [-0.15, -0.1) is 0 Å². The first-order valence-electron chi connectivity index (χ1n) is 7.09. The van der Waals surface area contributed by atoms with Crippen LogP contribution in [0.2, 0.25) is 0 Å². The van der Waals surface area contributed by atoms with Crippen molar-refractivity contribution < 1.29 is 4.74 Å². The smallest absolute Gasteiger partial charge is 0.227 e. The van der Waals surface area contributed by atoms with Crippen molar-refractivity contribution in [3.63, 3.8) is 0 Å². The summed E-state index contributed by atoms with van der Waals surface area (Å²) in [7, 11) is 2.05. The third-order valence-corrected chi connectivity index (χ3v) is 2.87. The molecule has 0 amide bonds. The van der Waals surface area contributed by atoms with E-state index in [1.165, 1.54) is 12.8 Å². The summed E-state index contributed by atoms with van der Waals surface area (Å²) in [5.74, 6) is 0.0522. The summed E-state index contributed by atoms with van der Waals surface area (Å²) in [6, 6.07) is 0. The highest BCUT2D eigenvalue weighted by Crippen LogP contribution is 2.00. The second kappa shape index (κ2) is 11.2. The molecule has 0 aromatic carbocycles. The summed E-state index contributed by atoms with van der Waals surface area (Å²) < 4.78 is 5.28. The standard InChI is InChI=1S/C14H29N3O/c1-4-6-7-8-12-18-14(16)13(15)9-11-17(3)10-5-2/h15-16H,4-12H2,1-3H3. The summed E-state index contributed by atoms with van der Waals surface area (Å²) in [4.78, 5) is 2.18. The number of rotatable bonds is 11. The second-order valence-corrected chi connectivity index (χ2v) is 4.77. The molecule has 0 heterocycles. The number of hydrogen-bond acceptors (Lipinski definition) is 4. The zero-order valence-electron chi connectivity index (χ0n) is 12.2. The molecule has 0 aliphatic heterocycles. The Morgan fingerprint density at radius 2 is 1.72 bits per heavy atom. The summed E-state index contributed by atoms with van der Waals surface area (Å²) in [5, 5.41) is 15.4. The van der Waals surface area contributed by atoms with E-state index in [1.807, 2.05) is 7.05 Å². The monoisotopic (exact) mass is 255 g/mol. The average Bonchev–Trinajstić information content (AvgIpc) is 2.35. The minimum atomic E-state index is 0.0522. The van der Waals surface area contributed by atoms with Crippen LogP contribution in [0.3, 0.4) is 0 Å². The third kappa shape index (κ3) is 9.16. The van der Waals surface area contributed by atoms with E-state index in [0.29, 0.717) is 18.7 Å². The highest BCUT2D eigenvalue weighted by molar-refractivity contribution is 6.36. The molecule has 0 aliphatic carbocycles. The molecule has 0 saturated heterocycles. The lowest BCUT2D eigenvalue weighted by atomic mass is 10.2. The molecule has 0 aromatic heterocycles. The van der Waals surface area contributed by atoms with Gasteiger partial charge in [-0.3, -0.25) is 10.8 Å². The van der Waals surface area contributed by atoms with Gasteiger partial charge in [0, 0.05) is 13.0 Å². The van der Waals surface area contributed by atoms with Crippen LogP contribution in [0.1, 0.15) is 52.4 Å². The fourth-order valence-corrected chi connectivity index (χ4v) is 1.70. The molecular weight excluding hydrogens is 226 g/mol. The third-order valence-electron chi connectivity index (χ3n) is 2.87. The molecule has 0 saturated carbocycles. The Morgan fingerprint density at radius 1 is 1.00 bits per heavy atom. The molecule has 4 nitrogen and oxygen atoms in total.